The van der Waals surface area contributed by atoms with E-state index in [2.05, 4.69) is 12.6 Å². The van der Waals surface area contributed by atoms with E-state index < -0.39 is 0 Å². The zero-order valence-electron chi connectivity index (χ0n) is 10.2. The van der Waals surface area contributed by atoms with Crippen molar-refractivity contribution in [1.82, 2.24) is 0 Å². The van der Waals surface area contributed by atoms with Crippen molar-refractivity contribution in [1.29, 1.82) is 0 Å². The maximum Gasteiger partial charge on any atom is 0.309 e. The first kappa shape index (κ1) is 13.9. The van der Waals surface area contributed by atoms with Crippen LogP contribution in [0.25, 0.3) is 0 Å². The maximum absolute atomic E-state index is 11.4. The van der Waals surface area contributed by atoms with Gasteiger partial charge in [0.25, 0.3) is 0 Å². The van der Waals surface area contributed by atoms with E-state index >= 15 is 0 Å². The standard InChI is InChI=1S/C13H18O3S/c1-3-15-12-6-4-11(5-7-12)8-16-13(14)10(2)9-17/h4-7,10,17H,3,8-9H2,1-2H3. The van der Waals surface area contributed by atoms with Crippen molar-refractivity contribution in [3.05, 3.63) is 29.8 Å². The molecule has 0 aliphatic heterocycles. The van der Waals surface area contributed by atoms with Gasteiger partial charge < -0.3 is 9.47 Å². The molecule has 1 aromatic rings. The molecule has 0 radical (unpaired) electrons. The van der Waals surface area contributed by atoms with Crippen molar-refractivity contribution in [3.8, 4) is 5.75 Å². The Labute approximate surface area is 108 Å². The summed E-state index contributed by atoms with van der Waals surface area (Å²) in [6.07, 6.45) is 0. The molecule has 1 unspecified atom stereocenters. The number of esters is 1. The van der Waals surface area contributed by atoms with E-state index in [1.807, 2.05) is 31.2 Å². The molecule has 0 saturated carbocycles. The monoisotopic (exact) mass is 254 g/mol. The minimum Gasteiger partial charge on any atom is -0.494 e. The summed E-state index contributed by atoms with van der Waals surface area (Å²) in [5.41, 5.74) is 0.952. The van der Waals surface area contributed by atoms with Crippen LogP contribution in [-0.2, 0) is 16.1 Å². The minimum absolute atomic E-state index is 0.166. The van der Waals surface area contributed by atoms with Crippen LogP contribution >= 0.6 is 12.6 Å². The normalized spacial score (nSPS) is 11.9. The third kappa shape index (κ3) is 4.69. The Morgan fingerprint density at radius 2 is 2.00 bits per heavy atom. The summed E-state index contributed by atoms with van der Waals surface area (Å²) in [5, 5.41) is 0. The summed E-state index contributed by atoms with van der Waals surface area (Å²) >= 11 is 4.05. The lowest BCUT2D eigenvalue weighted by atomic mass is 10.2. The number of benzene rings is 1. The van der Waals surface area contributed by atoms with E-state index in [1.165, 1.54) is 0 Å². The van der Waals surface area contributed by atoms with Gasteiger partial charge in [0, 0.05) is 5.75 Å². The first-order chi connectivity index (χ1) is 8.17. The van der Waals surface area contributed by atoms with Gasteiger partial charge in [0.2, 0.25) is 0 Å². The lowest BCUT2D eigenvalue weighted by molar-refractivity contribution is -0.148. The van der Waals surface area contributed by atoms with Gasteiger partial charge in [0.1, 0.15) is 12.4 Å². The van der Waals surface area contributed by atoms with Crippen LogP contribution in [0.1, 0.15) is 19.4 Å². The second-order valence-electron chi connectivity index (χ2n) is 3.77. The van der Waals surface area contributed by atoms with Gasteiger partial charge in [-0.1, -0.05) is 19.1 Å². The fourth-order valence-electron chi connectivity index (χ4n) is 1.22. The minimum atomic E-state index is -0.214. The molecule has 0 aromatic heterocycles. The summed E-state index contributed by atoms with van der Waals surface area (Å²) in [4.78, 5) is 11.4. The van der Waals surface area contributed by atoms with Gasteiger partial charge in [-0.25, -0.2) is 0 Å². The molecule has 0 bridgehead atoms. The average molecular weight is 254 g/mol. The van der Waals surface area contributed by atoms with E-state index in [1.54, 1.807) is 6.92 Å². The van der Waals surface area contributed by atoms with Crippen LogP contribution in [0.3, 0.4) is 0 Å². The van der Waals surface area contributed by atoms with Crippen LogP contribution in [0, 0.1) is 5.92 Å². The van der Waals surface area contributed by atoms with Crippen LogP contribution in [0.15, 0.2) is 24.3 Å². The molecule has 3 nitrogen and oxygen atoms in total. The van der Waals surface area contributed by atoms with Crippen LogP contribution in [-0.4, -0.2) is 18.3 Å². The quantitative estimate of drug-likeness (QED) is 0.626. The molecule has 0 aliphatic carbocycles. The molecule has 1 rings (SSSR count). The van der Waals surface area contributed by atoms with E-state index in [-0.39, 0.29) is 11.9 Å². The largest absolute Gasteiger partial charge is 0.494 e. The Kier molecular flexibility index (Phi) is 5.91. The molecule has 0 saturated heterocycles. The number of carbonyl (C=O) groups is 1. The molecule has 0 spiro atoms. The van der Waals surface area contributed by atoms with Crippen LogP contribution in [0.4, 0.5) is 0 Å². The molecular formula is C13H18O3S. The summed E-state index contributed by atoms with van der Waals surface area (Å²) in [6.45, 7) is 4.68. The lowest BCUT2D eigenvalue weighted by Gasteiger charge is -2.09. The van der Waals surface area contributed by atoms with Gasteiger partial charge in [-0.3, -0.25) is 4.79 Å². The topological polar surface area (TPSA) is 35.5 Å². The Morgan fingerprint density at radius 1 is 1.35 bits per heavy atom. The SMILES string of the molecule is CCOc1ccc(COC(=O)C(C)CS)cc1. The fourth-order valence-corrected chi connectivity index (χ4v) is 1.37. The zero-order valence-corrected chi connectivity index (χ0v) is 11.1. The number of rotatable bonds is 6. The summed E-state index contributed by atoms with van der Waals surface area (Å²) in [5.74, 6) is 0.948. The highest BCUT2D eigenvalue weighted by atomic mass is 32.1. The molecule has 4 heteroatoms. The number of carbonyl (C=O) groups excluding carboxylic acids is 1. The van der Waals surface area contributed by atoms with E-state index in [0.29, 0.717) is 19.0 Å². The van der Waals surface area contributed by atoms with Gasteiger partial charge in [-0.2, -0.15) is 12.6 Å². The smallest absolute Gasteiger partial charge is 0.309 e. The molecule has 17 heavy (non-hydrogen) atoms. The second-order valence-corrected chi connectivity index (χ2v) is 4.13. The molecular weight excluding hydrogens is 236 g/mol. The predicted molar refractivity (Wildman–Crippen MR) is 70.4 cm³/mol. The first-order valence-electron chi connectivity index (χ1n) is 5.66. The predicted octanol–water partition coefficient (Wildman–Crippen LogP) is 2.69. The fraction of sp³-hybridized carbons (Fsp3) is 0.462. The van der Waals surface area contributed by atoms with Gasteiger partial charge in [0.15, 0.2) is 0 Å². The molecule has 0 heterocycles. The van der Waals surface area contributed by atoms with Crippen molar-refractivity contribution in [3.63, 3.8) is 0 Å². The molecule has 94 valence electrons. The number of hydrogen-bond acceptors (Lipinski definition) is 4. The van der Waals surface area contributed by atoms with E-state index in [0.717, 1.165) is 11.3 Å². The summed E-state index contributed by atoms with van der Waals surface area (Å²) in [6, 6.07) is 7.52. The molecule has 0 fully saturated rings. The van der Waals surface area contributed by atoms with E-state index in [9.17, 15) is 4.79 Å². The highest BCUT2D eigenvalue weighted by Crippen LogP contribution is 2.13. The van der Waals surface area contributed by atoms with Crippen LogP contribution in [0.2, 0.25) is 0 Å². The molecule has 0 N–H and O–H groups in total. The summed E-state index contributed by atoms with van der Waals surface area (Å²) < 4.78 is 10.5. The molecule has 0 amide bonds. The Balaban J connectivity index is 2.44. The Hall–Kier alpha value is -1.16. The zero-order chi connectivity index (χ0) is 12.7. The average Bonchev–Trinajstić information content (AvgIpc) is 2.37. The second kappa shape index (κ2) is 7.22. The van der Waals surface area contributed by atoms with Crippen molar-refractivity contribution in [2.24, 2.45) is 5.92 Å². The Bertz CT molecular complexity index is 348. The van der Waals surface area contributed by atoms with Crippen molar-refractivity contribution in [2.75, 3.05) is 12.4 Å². The Morgan fingerprint density at radius 3 is 2.53 bits per heavy atom. The third-order valence-electron chi connectivity index (χ3n) is 2.29. The summed E-state index contributed by atoms with van der Waals surface area (Å²) in [7, 11) is 0. The number of hydrogen-bond donors (Lipinski definition) is 1. The van der Waals surface area contributed by atoms with Gasteiger partial charge in [-0.15, -0.1) is 0 Å². The molecule has 0 aliphatic rings. The van der Waals surface area contributed by atoms with Gasteiger partial charge in [0.05, 0.1) is 12.5 Å². The van der Waals surface area contributed by atoms with Crippen molar-refractivity contribution >= 4 is 18.6 Å². The van der Waals surface area contributed by atoms with Gasteiger partial charge >= 0.3 is 5.97 Å². The maximum atomic E-state index is 11.4. The number of ether oxygens (including phenoxy) is 2. The van der Waals surface area contributed by atoms with Crippen molar-refractivity contribution < 1.29 is 14.3 Å². The van der Waals surface area contributed by atoms with E-state index in [4.69, 9.17) is 9.47 Å². The molecule has 1 aromatic carbocycles. The van der Waals surface area contributed by atoms with Crippen LogP contribution < -0.4 is 4.74 Å². The van der Waals surface area contributed by atoms with Crippen LogP contribution in [0.5, 0.6) is 5.75 Å². The van der Waals surface area contributed by atoms with Gasteiger partial charge in [-0.05, 0) is 24.6 Å². The first-order valence-corrected chi connectivity index (χ1v) is 6.29. The van der Waals surface area contributed by atoms with Crippen molar-refractivity contribution in [2.45, 2.75) is 20.5 Å². The highest BCUT2D eigenvalue weighted by Gasteiger charge is 2.12. The number of thiol groups is 1. The lowest BCUT2D eigenvalue weighted by Crippen LogP contribution is -2.15. The third-order valence-corrected chi connectivity index (χ3v) is 2.84. The molecule has 1 atom stereocenters. The highest BCUT2D eigenvalue weighted by molar-refractivity contribution is 7.80.